The zero-order valence-electron chi connectivity index (χ0n) is 12.7. The van der Waals surface area contributed by atoms with Crippen molar-refractivity contribution in [2.75, 3.05) is 37.6 Å². The van der Waals surface area contributed by atoms with E-state index in [0.29, 0.717) is 12.6 Å². The minimum atomic E-state index is -0.749. The Bertz CT molecular complexity index is 526. The molecule has 2 atom stereocenters. The van der Waals surface area contributed by atoms with Crippen molar-refractivity contribution in [1.82, 2.24) is 20.0 Å². The number of aromatic amines is 1. The Balaban J connectivity index is 1.27. The zero-order chi connectivity index (χ0) is 15.1. The van der Waals surface area contributed by atoms with Gasteiger partial charge in [0.15, 0.2) is 0 Å². The van der Waals surface area contributed by atoms with Gasteiger partial charge in [-0.15, -0.1) is 0 Å². The maximum atomic E-state index is 11.1. The van der Waals surface area contributed by atoms with Crippen LogP contribution in [0.15, 0.2) is 12.4 Å². The van der Waals surface area contributed by atoms with Crippen molar-refractivity contribution in [2.45, 2.75) is 31.3 Å². The molecule has 2 N–H and O–H groups in total. The van der Waals surface area contributed by atoms with Gasteiger partial charge in [0, 0.05) is 51.0 Å². The number of piperazine rings is 1. The number of likely N-dealkylation sites (tertiary alicyclic amines) is 2. The number of piperidine rings is 1. The summed E-state index contributed by atoms with van der Waals surface area (Å²) in [5.41, 5.74) is 1.19. The molecule has 0 spiro atoms. The molecule has 3 fully saturated rings. The number of nitrogens with zero attached hydrogens (tertiary/aromatic N) is 4. The van der Waals surface area contributed by atoms with Crippen LogP contribution in [-0.4, -0.2) is 76.0 Å². The minimum absolute atomic E-state index is 0.230. The summed E-state index contributed by atoms with van der Waals surface area (Å²) in [6, 6.07) is 0.682. The number of aromatic nitrogens is 2. The van der Waals surface area contributed by atoms with Crippen molar-refractivity contribution in [1.29, 1.82) is 0 Å². The third-order valence-corrected chi connectivity index (χ3v) is 5.56. The summed E-state index contributed by atoms with van der Waals surface area (Å²) in [6.07, 6.45) is 6.55. The van der Waals surface area contributed by atoms with Crippen molar-refractivity contribution in [3.05, 3.63) is 12.4 Å². The highest BCUT2D eigenvalue weighted by molar-refractivity contribution is 5.66. The summed E-state index contributed by atoms with van der Waals surface area (Å²) in [7, 11) is 0. The Morgan fingerprint density at radius 3 is 2.73 bits per heavy atom. The van der Waals surface area contributed by atoms with E-state index in [2.05, 4.69) is 20.0 Å². The highest BCUT2D eigenvalue weighted by atomic mass is 16.4. The molecule has 0 saturated carbocycles. The quantitative estimate of drug-likeness (QED) is 0.873. The fourth-order valence-corrected chi connectivity index (χ4v) is 4.33. The molecule has 3 saturated heterocycles. The molecule has 0 aromatic carbocycles. The van der Waals surface area contributed by atoms with Crippen LogP contribution in [0.3, 0.4) is 0 Å². The van der Waals surface area contributed by atoms with Crippen LogP contribution in [0.2, 0.25) is 0 Å². The van der Waals surface area contributed by atoms with E-state index < -0.39 is 6.09 Å². The Kier molecular flexibility index (Phi) is 3.44. The molecule has 1 aromatic heterocycles. The molecule has 4 rings (SSSR count). The first-order chi connectivity index (χ1) is 10.7. The van der Waals surface area contributed by atoms with Gasteiger partial charge in [0.2, 0.25) is 0 Å². The largest absolute Gasteiger partial charge is 0.465 e. The molecule has 1 aromatic rings. The number of fused-ring (bicyclic) bond motifs is 2. The van der Waals surface area contributed by atoms with E-state index in [-0.39, 0.29) is 6.04 Å². The highest BCUT2D eigenvalue weighted by Crippen LogP contribution is 2.33. The summed E-state index contributed by atoms with van der Waals surface area (Å²) in [5, 5.41) is 16.1. The average Bonchev–Trinajstić information content (AvgIpc) is 3.24. The first kappa shape index (κ1) is 13.9. The van der Waals surface area contributed by atoms with Crippen LogP contribution >= 0.6 is 0 Å². The van der Waals surface area contributed by atoms with Crippen molar-refractivity contribution < 1.29 is 9.90 Å². The van der Waals surface area contributed by atoms with Gasteiger partial charge in [0.1, 0.15) is 0 Å². The van der Waals surface area contributed by atoms with Gasteiger partial charge in [-0.05, 0) is 25.2 Å². The van der Waals surface area contributed by atoms with Gasteiger partial charge < -0.3 is 14.9 Å². The summed E-state index contributed by atoms with van der Waals surface area (Å²) in [5.74, 6) is 0.737. The monoisotopic (exact) mass is 305 g/mol. The van der Waals surface area contributed by atoms with Gasteiger partial charge in [-0.25, -0.2) is 4.79 Å². The van der Waals surface area contributed by atoms with Crippen LogP contribution in [0, 0.1) is 5.92 Å². The summed E-state index contributed by atoms with van der Waals surface area (Å²) in [4.78, 5) is 17.7. The molecule has 0 unspecified atom stereocenters. The molecule has 0 aliphatic carbocycles. The third-order valence-electron chi connectivity index (χ3n) is 5.56. The van der Waals surface area contributed by atoms with Gasteiger partial charge >= 0.3 is 6.09 Å². The molecule has 4 heterocycles. The number of hydrogen-bond donors (Lipinski definition) is 2. The number of carbonyl (C=O) groups is 1. The predicted octanol–water partition coefficient (Wildman–Crippen LogP) is 1.06. The van der Waals surface area contributed by atoms with Crippen molar-refractivity contribution in [3.8, 4) is 0 Å². The van der Waals surface area contributed by atoms with Crippen LogP contribution in [0.4, 0.5) is 10.5 Å². The number of nitrogens with one attached hydrogen (secondary N) is 1. The lowest BCUT2D eigenvalue weighted by Crippen LogP contribution is -2.50. The van der Waals surface area contributed by atoms with Crippen molar-refractivity contribution in [2.24, 2.45) is 5.92 Å². The second-order valence-corrected chi connectivity index (χ2v) is 6.82. The third kappa shape index (κ3) is 2.43. The van der Waals surface area contributed by atoms with Gasteiger partial charge in [-0.3, -0.25) is 10.00 Å². The maximum Gasteiger partial charge on any atom is 0.407 e. The van der Waals surface area contributed by atoms with E-state index in [1.807, 2.05) is 12.4 Å². The standard InChI is InChI=1S/C15H23N5O2/c21-15(22)20-10-12-5-13(20)9-19(12)8-11-1-3-18(4-2-11)14-6-16-17-7-14/h6-7,11-13H,1-5,8-10H2,(H,16,17)(H,21,22)/t12-,13-/m1/s1. The number of carboxylic acid groups (broad SMARTS) is 1. The van der Waals surface area contributed by atoms with E-state index in [1.165, 1.54) is 18.5 Å². The fraction of sp³-hybridized carbons (Fsp3) is 0.733. The van der Waals surface area contributed by atoms with Gasteiger partial charge in [0.25, 0.3) is 0 Å². The number of amides is 1. The van der Waals surface area contributed by atoms with Gasteiger partial charge in [-0.1, -0.05) is 0 Å². The fourth-order valence-electron chi connectivity index (χ4n) is 4.33. The lowest BCUT2D eigenvalue weighted by molar-refractivity contribution is 0.0933. The number of hydrogen-bond acceptors (Lipinski definition) is 4. The number of H-pyrrole nitrogens is 1. The Morgan fingerprint density at radius 1 is 1.32 bits per heavy atom. The topological polar surface area (TPSA) is 75.7 Å². The smallest absolute Gasteiger partial charge is 0.407 e. The number of anilines is 1. The van der Waals surface area contributed by atoms with E-state index in [1.54, 1.807) is 4.90 Å². The van der Waals surface area contributed by atoms with E-state index in [4.69, 9.17) is 5.11 Å². The summed E-state index contributed by atoms with van der Waals surface area (Å²) in [6.45, 7) is 4.95. The van der Waals surface area contributed by atoms with Gasteiger partial charge in [0.05, 0.1) is 11.9 Å². The molecule has 7 nitrogen and oxygen atoms in total. The van der Waals surface area contributed by atoms with Gasteiger partial charge in [-0.2, -0.15) is 5.10 Å². The van der Waals surface area contributed by atoms with E-state index in [0.717, 1.165) is 38.5 Å². The van der Waals surface area contributed by atoms with Crippen LogP contribution in [-0.2, 0) is 0 Å². The SMILES string of the molecule is O=C(O)N1C[C@H]2C[C@@H]1CN2CC1CCN(c2cn[nH]c2)CC1. The first-order valence-electron chi connectivity index (χ1n) is 8.18. The normalized spacial score (nSPS) is 29.5. The molecule has 3 aliphatic heterocycles. The Hall–Kier alpha value is -1.76. The Labute approximate surface area is 129 Å². The van der Waals surface area contributed by atoms with Crippen molar-refractivity contribution in [3.63, 3.8) is 0 Å². The average molecular weight is 305 g/mol. The van der Waals surface area contributed by atoms with Crippen LogP contribution < -0.4 is 4.90 Å². The molecule has 22 heavy (non-hydrogen) atoms. The van der Waals surface area contributed by atoms with Crippen LogP contribution in [0.25, 0.3) is 0 Å². The first-order valence-corrected chi connectivity index (χ1v) is 8.18. The predicted molar refractivity (Wildman–Crippen MR) is 82.0 cm³/mol. The second-order valence-electron chi connectivity index (χ2n) is 6.82. The molecular formula is C15H23N5O2. The number of rotatable bonds is 3. The minimum Gasteiger partial charge on any atom is -0.465 e. The molecular weight excluding hydrogens is 282 g/mol. The molecule has 120 valence electrons. The zero-order valence-corrected chi connectivity index (χ0v) is 12.7. The summed E-state index contributed by atoms with van der Waals surface area (Å²) >= 11 is 0. The molecule has 1 amide bonds. The molecule has 2 bridgehead atoms. The van der Waals surface area contributed by atoms with Crippen molar-refractivity contribution >= 4 is 11.8 Å². The lowest BCUT2D eigenvalue weighted by atomic mass is 9.95. The lowest BCUT2D eigenvalue weighted by Gasteiger charge is -2.38. The molecule has 7 heteroatoms. The second kappa shape index (κ2) is 5.46. The highest BCUT2D eigenvalue weighted by Gasteiger charge is 2.45. The molecule has 3 aliphatic rings. The van der Waals surface area contributed by atoms with E-state index in [9.17, 15) is 4.79 Å². The molecule has 0 radical (unpaired) electrons. The van der Waals surface area contributed by atoms with Crippen LogP contribution in [0.5, 0.6) is 0 Å². The summed E-state index contributed by atoms with van der Waals surface area (Å²) < 4.78 is 0. The van der Waals surface area contributed by atoms with Crippen LogP contribution in [0.1, 0.15) is 19.3 Å². The Morgan fingerprint density at radius 2 is 2.14 bits per heavy atom. The maximum absolute atomic E-state index is 11.1. The van der Waals surface area contributed by atoms with E-state index >= 15 is 0 Å².